The Hall–Kier alpha value is -2.01. The van der Waals surface area contributed by atoms with Crippen LogP contribution in [-0.4, -0.2) is 14.9 Å². The largest absolute Gasteiger partial charge is 0.437 e. The number of anilines is 1. The Bertz CT molecular complexity index is 549. The summed E-state index contributed by atoms with van der Waals surface area (Å²) >= 11 is 0. The topological polar surface area (TPSA) is 73.3 Å². The van der Waals surface area contributed by atoms with Gasteiger partial charge in [-0.05, 0) is 12.5 Å². The lowest BCUT2D eigenvalue weighted by Gasteiger charge is -2.09. The van der Waals surface area contributed by atoms with Crippen LogP contribution in [0.4, 0.5) is 5.69 Å². The number of hydrogen-bond acceptors (Lipinski definition) is 4. The highest BCUT2D eigenvalue weighted by Crippen LogP contribution is 2.31. The molecule has 1 heterocycles. The van der Waals surface area contributed by atoms with Gasteiger partial charge in [0.1, 0.15) is 11.4 Å². The van der Waals surface area contributed by atoms with Crippen molar-refractivity contribution in [1.82, 2.24) is 9.78 Å². The van der Waals surface area contributed by atoms with Crippen LogP contribution in [0.2, 0.25) is 0 Å². The second kappa shape index (κ2) is 5.10. The first-order chi connectivity index (χ1) is 8.67. The predicted molar refractivity (Wildman–Crippen MR) is 69.4 cm³/mol. The number of aromatic nitrogens is 2. The molecule has 0 spiro atoms. The van der Waals surface area contributed by atoms with Crippen LogP contribution in [-0.2, 0) is 20.1 Å². The van der Waals surface area contributed by atoms with E-state index in [-0.39, 0.29) is 6.61 Å². The van der Waals surface area contributed by atoms with Crippen molar-refractivity contribution in [3.63, 3.8) is 0 Å². The summed E-state index contributed by atoms with van der Waals surface area (Å²) in [5.74, 6) is 1.10. The molecule has 0 bridgehead atoms. The summed E-state index contributed by atoms with van der Waals surface area (Å²) in [5.41, 5.74) is 8.06. The van der Waals surface area contributed by atoms with Gasteiger partial charge in [0, 0.05) is 12.6 Å². The normalized spacial score (nSPS) is 10.6. The van der Waals surface area contributed by atoms with Gasteiger partial charge in [-0.25, -0.2) is 4.68 Å². The van der Waals surface area contributed by atoms with Gasteiger partial charge in [-0.1, -0.05) is 25.1 Å². The van der Waals surface area contributed by atoms with E-state index in [4.69, 9.17) is 10.5 Å². The highest BCUT2D eigenvalue weighted by Gasteiger charge is 2.15. The van der Waals surface area contributed by atoms with Crippen LogP contribution in [0.1, 0.15) is 18.2 Å². The van der Waals surface area contributed by atoms with Crippen LogP contribution < -0.4 is 10.5 Å². The van der Waals surface area contributed by atoms with E-state index >= 15 is 0 Å². The molecule has 0 saturated carbocycles. The SMILES string of the molecule is CCc1nn(C)c(Oc2ccccc2CO)c1N. The fourth-order valence-electron chi connectivity index (χ4n) is 1.80. The molecule has 0 aliphatic carbocycles. The van der Waals surface area contributed by atoms with E-state index in [1.807, 2.05) is 25.1 Å². The van der Waals surface area contributed by atoms with Crippen LogP contribution in [0.5, 0.6) is 11.6 Å². The minimum Gasteiger partial charge on any atom is -0.437 e. The first-order valence-electron chi connectivity index (χ1n) is 5.85. The molecular formula is C13H17N3O2. The van der Waals surface area contributed by atoms with Gasteiger partial charge in [-0.3, -0.25) is 0 Å². The number of aliphatic hydroxyl groups is 1. The molecule has 2 aromatic rings. The van der Waals surface area contributed by atoms with Crippen molar-refractivity contribution in [3.05, 3.63) is 35.5 Å². The number of nitrogens with zero attached hydrogens (tertiary/aromatic N) is 2. The summed E-state index contributed by atoms with van der Waals surface area (Å²) in [6, 6.07) is 7.30. The molecule has 0 atom stereocenters. The first-order valence-corrected chi connectivity index (χ1v) is 5.85. The molecule has 0 fully saturated rings. The molecule has 18 heavy (non-hydrogen) atoms. The van der Waals surface area contributed by atoms with Crippen molar-refractivity contribution >= 4 is 5.69 Å². The molecule has 0 aliphatic heterocycles. The van der Waals surface area contributed by atoms with Gasteiger partial charge in [0.05, 0.1) is 12.3 Å². The lowest BCUT2D eigenvalue weighted by molar-refractivity contribution is 0.275. The molecule has 96 valence electrons. The van der Waals surface area contributed by atoms with E-state index in [0.717, 1.165) is 17.7 Å². The number of aryl methyl sites for hydroxylation is 2. The Morgan fingerprint density at radius 3 is 2.72 bits per heavy atom. The first kappa shape index (κ1) is 12.4. The Morgan fingerprint density at radius 1 is 1.39 bits per heavy atom. The van der Waals surface area contributed by atoms with Gasteiger partial charge in [0.15, 0.2) is 0 Å². The lowest BCUT2D eigenvalue weighted by Crippen LogP contribution is -1.99. The molecule has 1 aromatic heterocycles. The average molecular weight is 247 g/mol. The van der Waals surface area contributed by atoms with Crippen LogP contribution in [0.25, 0.3) is 0 Å². The Balaban J connectivity index is 2.37. The van der Waals surface area contributed by atoms with E-state index < -0.39 is 0 Å². The quantitative estimate of drug-likeness (QED) is 0.864. The van der Waals surface area contributed by atoms with Crippen molar-refractivity contribution in [3.8, 4) is 11.6 Å². The van der Waals surface area contributed by atoms with Crippen LogP contribution in [0.3, 0.4) is 0 Å². The maximum absolute atomic E-state index is 9.25. The van der Waals surface area contributed by atoms with Gasteiger partial charge in [-0.15, -0.1) is 0 Å². The van der Waals surface area contributed by atoms with Gasteiger partial charge in [-0.2, -0.15) is 5.10 Å². The van der Waals surface area contributed by atoms with Gasteiger partial charge in [0.25, 0.3) is 0 Å². The van der Waals surface area contributed by atoms with Gasteiger partial charge in [0.2, 0.25) is 5.88 Å². The summed E-state index contributed by atoms with van der Waals surface area (Å²) in [6.07, 6.45) is 0.755. The van der Waals surface area contributed by atoms with Gasteiger partial charge < -0.3 is 15.6 Å². The van der Waals surface area contributed by atoms with Crippen molar-refractivity contribution in [2.75, 3.05) is 5.73 Å². The minimum absolute atomic E-state index is 0.0748. The predicted octanol–water partition coefficient (Wildman–Crippen LogP) is 1.85. The molecule has 0 saturated heterocycles. The van der Waals surface area contributed by atoms with Gasteiger partial charge >= 0.3 is 0 Å². The zero-order valence-electron chi connectivity index (χ0n) is 10.6. The molecule has 5 heteroatoms. The summed E-state index contributed by atoms with van der Waals surface area (Å²) < 4.78 is 7.37. The number of nitrogens with two attached hydrogens (primary N) is 1. The Kier molecular flexibility index (Phi) is 3.53. The second-order valence-corrected chi connectivity index (χ2v) is 4.01. The molecule has 5 nitrogen and oxygen atoms in total. The second-order valence-electron chi connectivity index (χ2n) is 4.01. The number of ether oxygens (including phenoxy) is 1. The maximum atomic E-state index is 9.25. The molecule has 1 aromatic carbocycles. The van der Waals surface area contributed by atoms with E-state index in [9.17, 15) is 5.11 Å². The fraction of sp³-hybridized carbons (Fsp3) is 0.308. The third kappa shape index (κ3) is 2.17. The molecular weight excluding hydrogens is 230 g/mol. The molecule has 0 radical (unpaired) electrons. The summed E-state index contributed by atoms with van der Waals surface area (Å²) in [4.78, 5) is 0. The van der Waals surface area contributed by atoms with E-state index in [1.165, 1.54) is 0 Å². The van der Waals surface area contributed by atoms with Crippen molar-refractivity contribution < 1.29 is 9.84 Å². The number of para-hydroxylation sites is 1. The van der Waals surface area contributed by atoms with E-state index in [0.29, 0.717) is 17.3 Å². The van der Waals surface area contributed by atoms with E-state index in [1.54, 1.807) is 17.8 Å². The number of hydrogen-bond donors (Lipinski definition) is 2. The number of rotatable bonds is 4. The molecule has 0 amide bonds. The molecule has 2 rings (SSSR count). The lowest BCUT2D eigenvalue weighted by atomic mass is 10.2. The number of nitrogen functional groups attached to an aromatic ring is 1. The van der Waals surface area contributed by atoms with Crippen molar-refractivity contribution in [1.29, 1.82) is 0 Å². The van der Waals surface area contributed by atoms with E-state index in [2.05, 4.69) is 5.10 Å². The molecule has 0 unspecified atom stereocenters. The fourth-order valence-corrected chi connectivity index (χ4v) is 1.80. The number of benzene rings is 1. The number of aliphatic hydroxyl groups excluding tert-OH is 1. The molecule has 0 aliphatic rings. The smallest absolute Gasteiger partial charge is 0.241 e. The van der Waals surface area contributed by atoms with Crippen molar-refractivity contribution in [2.24, 2.45) is 7.05 Å². The highest BCUT2D eigenvalue weighted by molar-refractivity contribution is 5.55. The zero-order chi connectivity index (χ0) is 13.1. The third-order valence-corrected chi connectivity index (χ3v) is 2.79. The Morgan fingerprint density at radius 2 is 2.11 bits per heavy atom. The highest BCUT2D eigenvalue weighted by atomic mass is 16.5. The minimum atomic E-state index is -0.0748. The van der Waals surface area contributed by atoms with Crippen LogP contribution in [0, 0.1) is 0 Å². The summed E-state index contributed by atoms with van der Waals surface area (Å²) in [6.45, 7) is 1.92. The summed E-state index contributed by atoms with van der Waals surface area (Å²) in [7, 11) is 1.78. The van der Waals surface area contributed by atoms with Crippen LogP contribution >= 0.6 is 0 Å². The standard InChI is InChI=1S/C13H17N3O2/c1-3-10-12(14)13(16(2)15-10)18-11-7-5-4-6-9(11)8-17/h4-7,17H,3,8,14H2,1-2H3. The van der Waals surface area contributed by atoms with Crippen LogP contribution in [0.15, 0.2) is 24.3 Å². The van der Waals surface area contributed by atoms with Crippen molar-refractivity contribution in [2.45, 2.75) is 20.0 Å². The average Bonchev–Trinajstić information content (AvgIpc) is 2.66. The third-order valence-electron chi connectivity index (χ3n) is 2.79. The molecule has 3 N–H and O–H groups in total. The zero-order valence-corrected chi connectivity index (χ0v) is 10.6. The summed E-state index contributed by atoms with van der Waals surface area (Å²) in [5, 5.41) is 13.5. The monoisotopic (exact) mass is 247 g/mol. The Labute approximate surface area is 106 Å². The maximum Gasteiger partial charge on any atom is 0.241 e.